The predicted molar refractivity (Wildman–Crippen MR) is 190 cm³/mol. The van der Waals surface area contributed by atoms with Crippen LogP contribution in [0.15, 0.2) is 41.1 Å². The summed E-state index contributed by atoms with van der Waals surface area (Å²) >= 11 is 0. The van der Waals surface area contributed by atoms with Crippen molar-refractivity contribution in [2.45, 2.75) is 92.1 Å². The van der Waals surface area contributed by atoms with E-state index in [1.54, 1.807) is 45.9 Å². The highest BCUT2D eigenvalue weighted by Crippen LogP contribution is 2.55. The molecule has 13 heteroatoms. The lowest BCUT2D eigenvalue weighted by Crippen LogP contribution is -2.46. The number of methoxy groups -OCH3 is 1. The topological polar surface area (TPSA) is 197 Å². The van der Waals surface area contributed by atoms with Crippen LogP contribution in [0.25, 0.3) is 10.8 Å². The monoisotopic (exact) mass is 708 g/mol. The molecule has 2 aromatic rings. The molecule has 9 unspecified atom stereocenters. The third kappa shape index (κ3) is 6.54. The molecule has 0 aromatic heterocycles. The van der Waals surface area contributed by atoms with Crippen LogP contribution in [-0.2, 0) is 25.5 Å². The smallest absolute Gasteiger partial charge is 0.312 e. The van der Waals surface area contributed by atoms with Gasteiger partial charge in [-0.05, 0) is 25.5 Å². The molecule has 276 valence electrons. The number of esters is 1. The molecule has 0 amide bonds. The summed E-state index contributed by atoms with van der Waals surface area (Å²) in [6.45, 7) is 13.0. The number of nitrogens with zero attached hydrogens (tertiary/aromatic N) is 1. The first-order chi connectivity index (χ1) is 23.9. The number of phenolic OH excluding ortho intramolecular Hbond substituents is 3. The number of Topliss-reactive ketones (excluding diaryl/α,β-unsaturated/α-hetero) is 1. The number of aromatic hydroxyl groups is 3. The summed E-state index contributed by atoms with van der Waals surface area (Å²) < 4.78 is 23.4. The van der Waals surface area contributed by atoms with Crippen molar-refractivity contribution >= 4 is 34.0 Å². The van der Waals surface area contributed by atoms with Crippen molar-refractivity contribution in [3.05, 3.63) is 52.8 Å². The lowest BCUT2D eigenvalue weighted by molar-refractivity contribution is -0.160. The largest absolute Gasteiger partial charge is 0.507 e. The van der Waals surface area contributed by atoms with Crippen molar-refractivity contribution < 1.29 is 54.1 Å². The first kappa shape index (κ1) is 37.7. The number of aliphatic hydroxyl groups excluding tert-OH is 2. The van der Waals surface area contributed by atoms with Crippen LogP contribution in [0.2, 0.25) is 0 Å². The quantitative estimate of drug-likeness (QED) is 0.137. The van der Waals surface area contributed by atoms with E-state index in [4.69, 9.17) is 18.9 Å². The van der Waals surface area contributed by atoms with Gasteiger partial charge in [-0.3, -0.25) is 14.6 Å². The van der Waals surface area contributed by atoms with E-state index in [2.05, 4.69) is 10.3 Å². The maximum Gasteiger partial charge on any atom is 0.312 e. The van der Waals surface area contributed by atoms with E-state index in [1.807, 2.05) is 6.92 Å². The Morgan fingerprint density at radius 2 is 1.67 bits per heavy atom. The molecule has 7 bridgehead atoms. The van der Waals surface area contributed by atoms with E-state index in [-0.39, 0.29) is 68.6 Å². The summed E-state index contributed by atoms with van der Waals surface area (Å²) in [7, 11) is 1.45. The van der Waals surface area contributed by atoms with Crippen molar-refractivity contribution in [1.82, 2.24) is 0 Å². The minimum Gasteiger partial charge on any atom is -0.507 e. The lowest BCUT2D eigenvalue weighted by atomic mass is 9.78. The number of anilines is 1. The molecule has 5 heterocycles. The number of carbonyl (C=O) groups excluding carboxylic acids is 2. The highest BCUT2D eigenvalue weighted by atomic mass is 16.7. The van der Waals surface area contributed by atoms with Gasteiger partial charge in [-0.2, -0.15) is 0 Å². The van der Waals surface area contributed by atoms with E-state index in [0.717, 1.165) is 0 Å². The second-order valence-electron chi connectivity index (χ2n) is 14.0. The van der Waals surface area contributed by atoms with Gasteiger partial charge >= 0.3 is 11.8 Å². The van der Waals surface area contributed by atoms with Crippen LogP contribution in [0.1, 0.15) is 70.0 Å². The van der Waals surface area contributed by atoms with Crippen molar-refractivity contribution in [2.75, 3.05) is 12.4 Å². The van der Waals surface area contributed by atoms with Gasteiger partial charge in [0.15, 0.2) is 5.75 Å². The summed E-state index contributed by atoms with van der Waals surface area (Å²) in [5.41, 5.74) is 1.09. The van der Waals surface area contributed by atoms with Crippen molar-refractivity contribution in [1.29, 1.82) is 0 Å². The molecule has 0 saturated heterocycles. The fourth-order valence-electron chi connectivity index (χ4n) is 7.27. The van der Waals surface area contributed by atoms with Crippen molar-refractivity contribution in [2.24, 2.45) is 28.7 Å². The molecule has 13 nitrogen and oxygen atoms in total. The normalized spacial score (nSPS) is 33.5. The van der Waals surface area contributed by atoms with Crippen LogP contribution in [-0.4, -0.2) is 80.4 Å². The van der Waals surface area contributed by atoms with Crippen LogP contribution >= 0.6 is 0 Å². The molecular formula is C38H48N2O11. The molecule has 6 N–H and O–H groups in total. The minimum atomic E-state index is -1.95. The zero-order valence-electron chi connectivity index (χ0n) is 30.3. The Labute approximate surface area is 296 Å². The van der Waals surface area contributed by atoms with E-state index in [1.165, 1.54) is 40.2 Å². The summed E-state index contributed by atoms with van der Waals surface area (Å²) in [5, 5.41) is 60.0. The first-order valence-electron chi connectivity index (χ1n) is 17.0. The van der Waals surface area contributed by atoms with E-state index in [9.17, 15) is 35.1 Å². The number of rotatable bonds is 2. The fraction of sp³-hybridized carbons (Fsp3) is 0.500. The molecule has 0 radical (unpaired) electrons. The van der Waals surface area contributed by atoms with Gasteiger partial charge in [0.05, 0.1) is 47.8 Å². The number of aliphatic imine (C=N–C) groups is 1. The predicted octanol–water partition coefficient (Wildman–Crippen LogP) is 5.14. The number of fused-ring (bicyclic) bond motifs is 1. The minimum absolute atomic E-state index is 0.0143. The second-order valence-corrected chi connectivity index (χ2v) is 14.0. The summed E-state index contributed by atoms with van der Waals surface area (Å²) in [4.78, 5) is 30.9. The first-order valence-corrected chi connectivity index (χ1v) is 17.0. The Kier molecular flexibility index (Phi) is 10.5. The Balaban J connectivity index is 1.66. The Hall–Kier alpha value is -4.59. The van der Waals surface area contributed by atoms with E-state index in [0.29, 0.717) is 11.4 Å². The van der Waals surface area contributed by atoms with E-state index >= 15 is 0 Å². The average molecular weight is 709 g/mol. The van der Waals surface area contributed by atoms with Crippen molar-refractivity contribution in [3.8, 4) is 23.0 Å². The number of aliphatic hydroxyl groups is 2. The van der Waals surface area contributed by atoms with Crippen LogP contribution in [0.3, 0.4) is 0 Å². The number of phenols is 3. The molecule has 9 atom stereocenters. The summed E-state index contributed by atoms with van der Waals surface area (Å²) in [5.74, 6) is -6.11. The van der Waals surface area contributed by atoms with Gasteiger partial charge in [-0.25, -0.2) is 0 Å². The number of ketones is 1. The average Bonchev–Trinajstić information content (AvgIpc) is 3.36. The molecule has 0 spiro atoms. The Morgan fingerprint density at radius 3 is 2.31 bits per heavy atom. The molecule has 0 saturated carbocycles. The van der Waals surface area contributed by atoms with Gasteiger partial charge in [0.25, 0.3) is 5.78 Å². The van der Waals surface area contributed by atoms with Gasteiger partial charge in [-0.15, -0.1) is 0 Å². The summed E-state index contributed by atoms with van der Waals surface area (Å²) in [6.07, 6.45) is 4.43. The highest BCUT2D eigenvalue weighted by Gasteiger charge is 2.50. The van der Waals surface area contributed by atoms with E-state index < -0.39 is 59.7 Å². The number of benzene rings is 2. The van der Waals surface area contributed by atoms with Crippen LogP contribution in [0.4, 0.5) is 5.69 Å². The van der Waals surface area contributed by atoms with Gasteiger partial charge < -0.3 is 49.8 Å². The number of carbonyl (C=O) groups is 2. The lowest BCUT2D eigenvalue weighted by Gasteiger charge is -2.38. The molecule has 7 rings (SSSR count). The zero-order valence-corrected chi connectivity index (χ0v) is 30.3. The van der Waals surface area contributed by atoms with Crippen molar-refractivity contribution in [3.63, 3.8) is 0 Å². The number of ether oxygens (including phenoxy) is 4. The maximum atomic E-state index is 14.1. The van der Waals surface area contributed by atoms with Gasteiger partial charge in [0.2, 0.25) is 0 Å². The number of nitrogens with one attached hydrogen (secondary N) is 1. The molecular weight excluding hydrogens is 660 g/mol. The molecule has 5 aliphatic rings. The number of allylic oxidation sites excluding steroid dienone is 2. The zero-order chi connectivity index (χ0) is 37.7. The van der Waals surface area contributed by atoms with Gasteiger partial charge in [-0.1, -0.05) is 45.9 Å². The van der Waals surface area contributed by atoms with Gasteiger partial charge in [0, 0.05) is 61.1 Å². The number of hydrogen-bond donors (Lipinski definition) is 6. The third-order valence-electron chi connectivity index (χ3n) is 10.5. The molecule has 51 heavy (non-hydrogen) atoms. The van der Waals surface area contributed by atoms with Gasteiger partial charge in [0.1, 0.15) is 29.2 Å². The third-order valence-corrected chi connectivity index (χ3v) is 10.5. The SMILES string of the molecule is COC1/C=C/OC2(C)Oc3c(C)c(O)c4c(O)c5c(c(O)c4c3C2=O)CN=C(N5)/C(C)=C\C=C\C(C)C(O)C(C)C(O)C(C)C(OC(C)=O)C1C. The second kappa shape index (κ2) is 14.2. The number of hydrogen-bond acceptors (Lipinski definition) is 13. The Morgan fingerprint density at radius 1 is 0.980 bits per heavy atom. The molecule has 0 fully saturated rings. The highest BCUT2D eigenvalue weighted by molar-refractivity contribution is 6.22. The molecule has 0 aliphatic carbocycles. The standard InChI is InChI=1S/C38H48N2O11/c1-16-11-10-12-17(2)37-39-15-23-28(40-37)33(46)26-25(32(23)45)27-35(21(6)31(26)44)51-38(8,36(27)47)49-14-13-24(48-9)18(3)34(50-22(7)41)20(5)30(43)19(4)29(16)42/h10-14,16,18-20,24,29-30,34,42-46H,15H2,1-9H3,(H,39,40)/b11-10+,14-13+,17-12-. The van der Waals surface area contributed by atoms with Crippen LogP contribution in [0.5, 0.6) is 23.0 Å². The summed E-state index contributed by atoms with van der Waals surface area (Å²) in [6, 6.07) is 0. The fourth-order valence-corrected chi connectivity index (χ4v) is 7.27. The van der Waals surface area contributed by atoms with Crippen LogP contribution in [0, 0.1) is 30.6 Å². The van der Waals surface area contributed by atoms with Crippen LogP contribution < -0.4 is 10.1 Å². The maximum absolute atomic E-state index is 14.1. The Bertz CT molecular complexity index is 1860. The number of amidine groups is 1. The molecule has 5 aliphatic heterocycles. The molecule has 2 aromatic carbocycles.